The van der Waals surface area contributed by atoms with E-state index >= 15 is 0 Å². The van der Waals surface area contributed by atoms with Crippen LogP contribution in [0.4, 0.5) is 10.1 Å². The van der Waals surface area contributed by atoms with Gasteiger partial charge in [0.25, 0.3) is 5.91 Å². The molecule has 2 amide bonds. The number of ether oxygens (including phenoxy) is 1. The molecule has 1 heterocycles. The van der Waals surface area contributed by atoms with Gasteiger partial charge in [0, 0.05) is 12.7 Å². The summed E-state index contributed by atoms with van der Waals surface area (Å²) in [5, 5.41) is 3.18. The van der Waals surface area contributed by atoms with Crippen LogP contribution in [0.25, 0.3) is 6.08 Å². The van der Waals surface area contributed by atoms with E-state index in [4.69, 9.17) is 4.74 Å². The van der Waals surface area contributed by atoms with Gasteiger partial charge in [-0.25, -0.2) is 9.38 Å². The maximum atomic E-state index is 13.3. The van der Waals surface area contributed by atoms with Crippen molar-refractivity contribution in [3.05, 3.63) is 65.6 Å². The second-order valence-electron chi connectivity index (χ2n) is 5.91. The average molecular weight is 399 g/mol. The topological polar surface area (TPSA) is 71.0 Å². The summed E-state index contributed by atoms with van der Waals surface area (Å²) in [5.74, 6) is -0.119. The Morgan fingerprint density at radius 3 is 2.71 bits per heavy atom. The molecule has 0 spiro atoms. The summed E-state index contributed by atoms with van der Waals surface area (Å²) in [6.45, 7) is 0. The quantitative estimate of drug-likeness (QED) is 0.783. The fourth-order valence-corrected chi connectivity index (χ4v) is 3.24. The van der Waals surface area contributed by atoms with E-state index in [0.717, 1.165) is 11.8 Å². The molecule has 0 fully saturated rings. The van der Waals surface area contributed by atoms with Gasteiger partial charge in [-0.3, -0.25) is 14.5 Å². The molecule has 3 rings (SSSR count). The van der Waals surface area contributed by atoms with Crippen LogP contribution in [0.15, 0.2) is 59.2 Å². The van der Waals surface area contributed by atoms with Crippen LogP contribution in [0.3, 0.4) is 0 Å². The highest BCUT2D eigenvalue weighted by molar-refractivity contribution is 8.14. The van der Waals surface area contributed by atoms with Crippen LogP contribution < -0.4 is 10.1 Å². The van der Waals surface area contributed by atoms with Crippen molar-refractivity contribution in [2.75, 3.05) is 25.2 Å². The second kappa shape index (κ2) is 8.71. The molecule has 0 bridgehead atoms. The van der Waals surface area contributed by atoms with Crippen LogP contribution in [-0.4, -0.2) is 41.8 Å². The number of halogens is 1. The third kappa shape index (κ3) is 4.77. The van der Waals surface area contributed by atoms with Crippen LogP contribution in [0.1, 0.15) is 5.56 Å². The zero-order chi connectivity index (χ0) is 20.1. The van der Waals surface area contributed by atoms with Gasteiger partial charge >= 0.3 is 0 Å². The van der Waals surface area contributed by atoms with E-state index in [9.17, 15) is 14.0 Å². The zero-order valence-corrected chi connectivity index (χ0v) is 16.1. The van der Waals surface area contributed by atoms with E-state index in [-0.39, 0.29) is 29.1 Å². The van der Waals surface area contributed by atoms with Crippen LogP contribution in [0.2, 0.25) is 0 Å². The molecule has 0 saturated heterocycles. The fourth-order valence-electron chi connectivity index (χ4n) is 2.46. The molecule has 6 nitrogen and oxygen atoms in total. The third-order valence-electron chi connectivity index (χ3n) is 3.88. The van der Waals surface area contributed by atoms with Gasteiger partial charge in [-0.05, 0) is 48.0 Å². The van der Waals surface area contributed by atoms with E-state index in [1.54, 1.807) is 50.6 Å². The minimum Gasteiger partial charge on any atom is -0.497 e. The van der Waals surface area contributed by atoms with Gasteiger partial charge in [0.05, 0.1) is 12.9 Å². The third-order valence-corrected chi connectivity index (χ3v) is 4.91. The number of hydrogen-bond acceptors (Lipinski definition) is 5. The van der Waals surface area contributed by atoms with Crippen LogP contribution >= 0.6 is 11.8 Å². The monoisotopic (exact) mass is 399 g/mol. The molecule has 0 unspecified atom stereocenters. The first-order valence-electron chi connectivity index (χ1n) is 8.37. The lowest BCUT2D eigenvalue weighted by atomic mass is 10.2. The SMILES string of the molecule is COc1ccc(NC(=O)CSC2=N/C(=C/c3cccc(F)c3)C(=O)N2C)cc1. The number of amidine groups is 1. The number of aliphatic imine (C=N–C) groups is 1. The van der Waals surface area contributed by atoms with Crippen molar-refractivity contribution in [2.45, 2.75) is 0 Å². The number of nitrogens with zero attached hydrogens (tertiary/aromatic N) is 2. The molecule has 0 saturated carbocycles. The van der Waals surface area contributed by atoms with Crippen LogP contribution in [-0.2, 0) is 9.59 Å². The lowest BCUT2D eigenvalue weighted by Gasteiger charge is -2.11. The first-order valence-corrected chi connectivity index (χ1v) is 9.35. The molecule has 0 aliphatic carbocycles. The predicted octanol–water partition coefficient (Wildman–Crippen LogP) is 3.38. The van der Waals surface area contributed by atoms with E-state index in [0.29, 0.717) is 22.2 Å². The summed E-state index contributed by atoms with van der Waals surface area (Å²) in [5.41, 5.74) is 1.39. The van der Waals surface area contributed by atoms with Gasteiger partial charge < -0.3 is 10.1 Å². The first kappa shape index (κ1) is 19.6. The normalized spacial score (nSPS) is 15.0. The molecule has 144 valence electrons. The Morgan fingerprint density at radius 1 is 1.29 bits per heavy atom. The summed E-state index contributed by atoms with van der Waals surface area (Å²) in [6, 6.07) is 12.9. The molecular formula is C20H18FN3O3S. The van der Waals surface area contributed by atoms with E-state index < -0.39 is 0 Å². The van der Waals surface area contributed by atoms with Gasteiger partial charge in [-0.1, -0.05) is 23.9 Å². The summed E-state index contributed by atoms with van der Waals surface area (Å²) in [4.78, 5) is 30.1. The number of carbonyl (C=O) groups is 2. The highest BCUT2D eigenvalue weighted by atomic mass is 32.2. The molecular weight excluding hydrogens is 381 g/mol. The first-order chi connectivity index (χ1) is 13.5. The fraction of sp³-hybridized carbons (Fsp3) is 0.150. The lowest BCUT2D eigenvalue weighted by Crippen LogP contribution is -2.27. The number of anilines is 1. The maximum Gasteiger partial charge on any atom is 0.278 e. The predicted molar refractivity (Wildman–Crippen MR) is 109 cm³/mol. The minimum atomic E-state index is -0.387. The number of likely N-dealkylation sites (N-methyl/N-ethyl adjacent to an activating group) is 1. The number of carbonyl (C=O) groups excluding carboxylic acids is 2. The summed E-state index contributed by atoms with van der Waals surface area (Å²) < 4.78 is 18.4. The van der Waals surface area contributed by atoms with Crippen molar-refractivity contribution in [3.63, 3.8) is 0 Å². The van der Waals surface area contributed by atoms with Gasteiger partial charge in [0.15, 0.2) is 5.17 Å². The lowest BCUT2D eigenvalue weighted by molar-refractivity contribution is -0.121. The smallest absolute Gasteiger partial charge is 0.278 e. The van der Waals surface area contributed by atoms with E-state index in [1.165, 1.54) is 23.1 Å². The largest absolute Gasteiger partial charge is 0.497 e. The maximum absolute atomic E-state index is 13.3. The minimum absolute atomic E-state index is 0.0930. The van der Waals surface area contributed by atoms with Crippen molar-refractivity contribution in [2.24, 2.45) is 4.99 Å². The van der Waals surface area contributed by atoms with Crippen molar-refractivity contribution >= 4 is 40.5 Å². The number of benzene rings is 2. The molecule has 28 heavy (non-hydrogen) atoms. The Hall–Kier alpha value is -3.13. The Morgan fingerprint density at radius 2 is 2.04 bits per heavy atom. The summed E-state index contributed by atoms with van der Waals surface area (Å²) in [7, 11) is 3.16. The Kier molecular flexibility index (Phi) is 6.10. The molecule has 1 aliphatic rings. The number of amides is 2. The molecule has 0 radical (unpaired) electrons. The zero-order valence-electron chi connectivity index (χ0n) is 15.3. The highest BCUT2D eigenvalue weighted by Gasteiger charge is 2.27. The molecule has 2 aromatic rings. The highest BCUT2D eigenvalue weighted by Crippen LogP contribution is 2.23. The summed E-state index contributed by atoms with van der Waals surface area (Å²) in [6.07, 6.45) is 1.52. The number of hydrogen-bond donors (Lipinski definition) is 1. The Balaban J connectivity index is 1.62. The van der Waals surface area contributed by atoms with Crippen LogP contribution in [0.5, 0.6) is 5.75 Å². The van der Waals surface area contributed by atoms with Gasteiger partial charge in [-0.2, -0.15) is 0 Å². The van der Waals surface area contributed by atoms with Crippen molar-refractivity contribution < 1.29 is 18.7 Å². The Bertz CT molecular complexity index is 957. The molecule has 2 aromatic carbocycles. The van der Waals surface area contributed by atoms with Crippen molar-refractivity contribution in [1.29, 1.82) is 0 Å². The van der Waals surface area contributed by atoms with Crippen molar-refractivity contribution in [3.8, 4) is 5.75 Å². The standard InChI is InChI=1S/C20H18FN3O3S/c1-24-19(26)17(11-13-4-3-5-14(21)10-13)23-20(24)28-12-18(25)22-15-6-8-16(27-2)9-7-15/h3-11H,12H2,1-2H3,(H,22,25)/b17-11+. The number of rotatable bonds is 5. The Labute approximate surface area is 166 Å². The molecule has 0 atom stereocenters. The van der Waals surface area contributed by atoms with Gasteiger partial charge in [-0.15, -0.1) is 0 Å². The number of methoxy groups -OCH3 is 1. The van der Waals surface area contributed by atoms with E-state index in [2.05, 4.69) is 10.3 Å². The summed E-state index contributed by atoms with van der Waals surface area (Å²) >= 11 is 1.15. The molecule has 0 aromatic heterocycles. The van der Waals surface area contributed by atoms with Gasteiger partial charge in [0.1, 0.15) is 17.3 Å². The van der Waals surface area contributed by atoms with Crippen LogP contribution in [0, 0.1) is 5.82 Å². The van der Waals surface area contributed by atoms with Crippen molar-refractivity contribution in [1.82, 2.24) is 4.90 Å². The van der Waals surface area contributed by atoms with Gasteiger partial charge in [0.2, 0.25) is 5.91 Å². The number of nitrogens with one attached hydrogen (secondary N) is 1. The average Bonchev–Trinajstić information content (AvgIpc) is 2.95. The molecule has 1 aliphatic heterocycles. The molecule has 1 N–H and O–H groups in total. The number of thioether (sulfide) groups is 1. The van der Waals surface area contributed by atoms with E-state index in [1.807, 2.05) is 0 Å². The molecule has 8 heteroatoms. The second-order valence-corrected chi connectivity index (χ2v) is 6.85.